The van der Waals surface area contributed by atoms with Gasteiger partial charge in [0.2, 0.25) is 0 Å². The number of nitrogens with one attached hydrogen (secondary N) is 1. The summed E-state index contributed by atoms with van der Waals surface area (Å²) in [5.74, 6) is 0.876. The number of oxazole rings is 1. The van der Waals surface area contributed by atoms with Crippen molar-refractivity contribution in [1.29, 1.82) is 0 Å². The van der Waals surface area contributed by atoms with Gasteiger partial charge in [-0.3, -0.25) is 0 Å². The second kappa shape index (κ2) is 5.65. The maximum Gasteiger partial charge on any atom is 0.195 e. The van der Waals surface area contributed by atoms with Crippen LogP contribution in [0.25, 0.3) is 0 Å². The van der Waals surface area contributed by atoms with Gasteiger partial charge in [0.15, 0.2) is 5.89 Å². The van der Waals surface area contributed by atoms with E-state index < -0.39 is 0 Å². The molecule has 2 atom stereocenters. The Morgan fingerprint density at radius 1 is 1.59 bits per heavy atom. The molecular weight excluding hydrogens is 214 g/mol. The first kappa shape index (κ1) is 12.6. The number of nitrogens with zero attached hydrogens (tertiary/aromatic N) is 2. The lowest BCUT2D eigenvalue weighted by Gasteiger charge is -2.31. The first-order valence-corrected chi connectivity index (χ1v) is 6.52. The van der Waals surface area contributed by atoms with Crippen molar-refractivity contribution in [2.75, 3.05) is 20.6 Å². The normalized spacial score (nSPS) is 23.8. The summed E-state index contributed by atoms with van der Waals surface area (Å²) in [5, 5.41) is 3.17. The number of likely N-dealkylation sites (N-methyl/N-ethyl adjacent to an activating group) is 1. The molecule has 1 saturated heterocycles. The second-order valence-corrected chi connectivity index (χ2v) is 5.01. The van der Waals surface area contributed by atoms with Crippen molar-refractivity contribution in [2.24, 2.45) is 0 Å². The molecule has 96 valence electrons. The minimum atomic E-state index is 0.261. The van der Waals surface area contributed by atoms with Gasteiger partial charge in [0.05, 0.1) is 5.69 Å². The molecule has 0 aliphatic carbocycles. The van der Waals surface area contributed by atoms with Gasteiger partial charge in [0.1, 0.15) is 6.26 Å². The van der Waals surface area contributed by atoms with Gasteiger partial charge in [0, 0.05) is 18.5 Å². The van der Waals surface area contributed by atoms with Crippen molar-refractivity contribution in [2.45, 2.75) is 44.7 Å². The number of piperidine rings is 1. The highest BCUT2D eigenvalue weighted by atomic mass is 16.3. The third kappa shape index (κ3) is 3.07. The molecule has 2 rings (SSSR count). The number of hydrogen-bond donors (Lipinski definition) is 1. The maximum atomic E-state index is 5.56. The topological polar surface area (TPSA) is 41.3 Å². The lowest BCUT2D eigenvalue weighted by Crippen LogP contribution is -2.37. The zero-order chi connectivity index (χ0) is 12.3. The Morgan fingerprint density at radius 2 is 2.41 bits per heavy atom. The van der Waals surface area contributed by atoms with Gasteiger partial charge in [-0.25, -0.2) is 4.98 Å². The van der Waals surface area contributed by atoms with Crippen LogP contribution >= 0.6 is 0 Å². The zero-order valence-corrected chi connectivity index (χ0v) is 11.1. The van der Waals surface area contributed by atoms with Gasteiger partial charge in [-0.1, -0.05) is 6.42 Å². The molecule has 2 unspecified atom stereocenters. The van der Waals surface area contributed by atoms with E-state index in [2.05, 4.69) is 29.2 Å². The van der Waals surface area contributed by atoms with Crippen molar-refractivity contribution in [3.8, 4) is 0 Å². The smallest absolute Gasteiger partial charge is 0.195 e. The van der Waals surface area contributed by atoms with E-state index in [0.717, 1.165) is 18.0 Å². The van der Waals surface area contributed by atoms with Crippen LogP contribution in [0.2, 0.25) is 0 Å². The molecule has 0 amide bonds. The van der Waals surface area contributed by atoms with Gasteiger partial charge in [-0.15, -0.1) is 0 Å². The average Bonchev–Trinajstić information content (AvgIpc) is 2.80. The van der Waals surface area contributed by atoms with E-state index in [9.17, 15) is 0 Å². The van der Waals surface area contributed by atoms with E-state index in [4.69, 9.17) is 4.42 Å². The van der Waals surface area contributed by atoms with Gasteiger partial charge in [-0.2, -0.15) is 0 Å². The minimum Gasteiger partial charge on any atom is -0.449 e. The summed E-state index contributed by atoms with van der Waals surface area (Å²) in [4.78, 5) is 6.98. The van der Waals surface area contributed by atoms with Crippen molar-refractivity contribution in [1.82, 2.24) is 15.2 Å². The minimum absolute atomic E-state index is 0.261. The highest BCUT2D eigenvalue weighted by Gasteiger charge is 2.21. The maximum absolute atomic E-state index is 5.56. The van der Waals surface area contributed by atoms with Crippen LogP contribution in [-0.2, 0) is 6.42 Å². The molecule has 1 aliphatic rings. The molecule has 0 radical (unpaired) electrons. The SMILES string of the molecule is CNC(C)c1coc(CC2CCCCN2C)n1. The third-order valence-electron chi connectivity index (χ3n) is 3.78. The van der Waals surface area contributed by atoms with Crippen LogP contribution in [0.1, 0.15) is 43.8 Å². The molecule has 0 bridgehead atoms. The Hall–Kier alpha value is -0.870. The summed E-state index contributed by atoms with van der Waals surface area (Å²) in [7, 11) is 4.14. The Kier molecular flexibility index (Phi) is 4.18. The lowest BCUT2D eigenvalue weighted by atomic mass is 10.0. The summed E-state index contributed by atoms with van der Waals surface area (Å²) in [6.07, 6.45) is 6.62. The average molecular weight is 237 g/mol. The number of hydrogen-bond acceptors (Lipinski definition) is 4. The quantitative estimate of drug-likeness (QED) is 0.869. The number of rotatable bonds is 4. The van der Waals surface area contributed by atoms with Crippen LogP contribution < -0.4 is 5.32 Å². The standard InChI is InChI=1S/C13H23N3O/c1-10(14-2)12-9-17-13(15-12)8-11-6-4-5-7-16(11)3/h9-11,14H,4-8H2,1-3H3. The van der Waals surface area contributed by atoms with E-state index in [-0.39, 0.29) is 6.04 Å². The van der Waals surface area contributed by atoms with Gasteiger partial charge < -0.3 is 14.6 Å². The Bertz CT molecular complexity index is 350. The van der Waals surface area contributed by atoms with Gasteiger partial charge in [-0.05, 0) is 40.4 Å². The predicted molar refractivity (Wildman–Crippen MR) is 68.0 cm³/mol. The molecule has 4 heteroatoms. The Morgan fingerprint density at radius 3 is 3.12 bits per heavy atom. The molecule has 2 heterocycles. The highest BCUT2D eigenvalue weighted by molar-refractivity contribution is 5.03. The number of likely N-dealkylation sites (tertiary alicyclic amines) is 1. The van der Waals surface area contributed by atoms with Gasteiger partial charge >= 0.3 is 0 Å². The molecule has 1 N–H and O–H groups in total. The van der Waals surface area contributed by atoms with E-state index in [1.807, 2.05) is 7.05 Å². The summed E-state index contributed by atoms with van der Waals surface area (Å²) in [6, 6.07) is 0.858. The first-order valence-electron chi connectivity index (χ1n) is 6.52. The van der Waals surface area contributed by atoms with Crippen molar-refractivity contribution in [3.05, 3.63) is 17.8 Å². The first-order chi connectivity index (χ1) is 8.20. The summed E-state index contributed by atoms with van der Waals surface area (Å²) >= 11 is 0. The molecular formula is C13H23N3O. The van der Waals surface area contributed by atoms with Crippen LogP contribution in [0, 0.1) is 0 Å². The van der Waals surface area contributed by atoms with E-state index in [1.54, 1.807) is 6.26 Å². The summed E-state index contributed by atoms with van der Waals surface area (Å²) in [6.45, 7) is 3.29. The number of aromatic nitrogens is 1. The third-order valence-corrected chi connectivity index (χ3v) is 3.78. The second-order valence-electron chi connectivity index (χ2n) is 5.01. The lowest BCUT2D eigenvalue weighted by molar-refractivity contribution is 0.177. The molecule has 1 aromatic rings. The Labute approximate surface area is 103 Å². The van der Waals surface area contributed by atoms with E-state index in [0.29, 0.717) is 6.04 Å². The van der Waals surface area contributed by atoms with Crippen LogP contribution in [0.5, 0.6) is 0 Å². The van der Waals surface area contributed by atoms with Crippen molar-refractivity contribution in [3.63, 3.8) is 0 Å². The Balaban J connectivity index is 1.96. The summed E-state index contributed by atoms with van der Waals surface area (Å²) in [5.41, 5.74) is 1.00. The molecule has 0 spiro atoms. The molecule has 1 fully saturated rings. The van der Waals surface area contributed by atoms with Crippen LogP contribution in [0.4, 0.5) is 0 Å². The summed E-state index contributed by atoms with van der Waals surface area (Å²) < 4.78 is 5.56. The van der Waals surface area contributed by atoms with Crippen LogP contribution in [0.3, 0.4) is 0 Å². The van der Waals surface area contributed by atoms with Crippen molar-refractivity contribution < 1.29 is 4.42 Å². The molecule has 1 aliphatic heterocycles. The van der Waals surface area contributed by atoms with E-state index in [1.165, 1.54) is 25.8 Å². The highest BCUT2D eigenvalue weighted by Crippen LogP contribution is 2.20. The van der Waals surface area contributed by atoms with Gasteiger partial charge in [0.25, 0.3) is 0 Å². The van der Waals surface area contributed by atoms with Crippen molar-refractivity contribution >= 4 is 0 Å². The fraction of sp³-hybridized carbons (Fsp3) is 0.769. The van der Waals surface area contributed by atoms with Crippen LogP contribution in [-0.4, -0.2) is 36.6 Å². The fourth-order valence-corrected chi connectivity index (χ4v) is 2.37. The largest absolute Gasteiger partial charge is 0.449 e. The predicted octanol–water partition coefficient (Wildman–Crippen LogP) is 1.98. The molecule has 17 heavy (non-hydrogen) atoms. The van der Waals surface area contributed by atoms with Crippen LogP contribution in [0.15, 0.2) is 10.7 Å². The fourth-order valence-electron chi connectivity index (χ4n) is 2.37. The molecule has 1 aromatic heterocycles. The van der Waals surface area contributed by atoms with E-state index >= 15 is 0 Å². The molecule has 0 aromatic carbocycles. The molecule has 0 saturated carbocycles. The monoisotopic (exact) mass is 237 g/mol. The zero-order valence-electron chi connectivity index (χ0n) is 11.1. The molecule has 4 nitrogen and oxygen atoms in total.